The number of aryl methyl sites for hydroxylation is 1. The Hall–Kier alpha value is -1.13. The van der Waals surface area contributed by atoms with Gasteiger partial charge >= 0.3 is 0 Å². The van der Waals surface area contributed by atoms with E-state index in [1.165, 1.54) is 0 Å². The molecule has 2 rings (SSSR count). The standard InChI is InChI=1S/C13H15BrN2O/c1-3-16-12(8-9-15-16)13(2,17)10-4-6-11(14)7-5-10/h4-9,17H,3H2,1-2H3. The van der Waals surface area contributed by atoms with Crippen molar-refractivity contribution in [1.29, 1.82) is 0 Å². The first-order valence-electron chi connectivity index (χ1n) is 5.56. The van der Waals surface area contributed by atoms with E-state index in [2.05, 4.69) is 21.0 Å². The van der Waals surface area contributed by atoms with E-state index in [4.69, 9.17) is 0 Å². The molecule has 0 amide bonds. The molecule has 3 nitrogen and oxygen atoms in total. The lowest BCUT2D eigenvalue weighted by Crippen LogP contribution is -2.26. The fourth-order valence-electron chi connectivity index (χ4n) is 1.92. The number of nitrogens with zero attached hydrogens (tertiary/aromatic N) is 2. The number of hydrogen-bond acceptors (Lipinski definition) is 2. The molecule has 1 aromatic heterocycles. The molecular weight excluding hydrogens is 280 g/mol. The van der Waals surface area contributed by atoms with Crippen molar-refractivity contribution in [1.82, 2.24) is 9.78 Å². The van der Waals surface area contributed by atoms with Gasteiger partial charge in [0.1, 0.15) is 5.60 Å². The van der Waals surface area contributed by atoms with Crippen molar-refractivity contribution in [3.05, 3.63) is 52.3 Å². The average molecular weight is 295 g/mol. The van der Waals surface area contributed by atoms with Gasteiger partial charge in [-0.25, -0.2) is 0 Å². The van der Waals surface area contributed by atoms with Crippen LogP contribution in [0.2, 0.25) is 0 Å². The molecule has 1 heterocycles. The van der Waals surface area contributed by atoms with E-state index in [1.807, 2.05) is 41.9 Å². The van der Waals surface area contributed by atoms with Crippen LogP contribution in [0.3, 0.4) is 0 Å². The molecule has 2 aromatic rings. The summed E-state index contributed by atoms with van der Waals surface area (Å²) in [5.74, 6) is 0. The third kappa shape index (κ3) is 2.28. The molecule has 1 atom stereocenters. The molecule has 0 spiro atoms. The number of hydrogen-bond donors (Lipinski definition) is 1. The van der Waals surface area contributed by atoms with Crippen LogP contribution in [0.15, 0.2) is 41.0 Å². The SMILES string of the molecule is CCn1nccc1C(C)(O)c1ccc(Br)cc1. The second kappa shape index (κ2) is 4.63. The Kier molecular flexibility index (Phi) is 3.35. The van der Waals surface area contributed by atoms with Crippen molar-refractivity contribution in [2.75, 3.05) is 0 Å². The largest absolute Gasteiger partial charge is 0.379 e. The van der Waals surface area contributed by atoms with Crippen molar-refractivity contribution < 1.29 is 5.11 Å². The fourth-order valence-corrected chi connectivity index (χ4v) is 2.18. The van der Waals surface area contributed by atoms with Crippen molar-refractivity contribution >= 4 is 15.9 Å². The van der Waals surface area contributed by atoms with Gasteiger partial charge in [0, 0.05) is 17.2 Å². The van der Waals surface area contributed by atoms with Gasteiger partial charge in [-0.05, 0) is 37.6 Å². The molecule has 0 fully saturated rings. The van der Waals surface area contributed by atoms with Gasteiger partial charge < -0.3 is 5.11 Å². The molecule has 0 radical (unpaired) electrons. The number of aromatic nitrogens is 2. The summed E-state index contributed by atoms with van der Waals surface area (Å²) < 4.78 is 2.81. The number of aliphatic hydroxyl groups is 1. The normalized spacial score (nSPS) is 14.6. The Morgan fingerprint density at radius 3 is 2.53 bits per heavy atom. The zero-order valence-corrected chi connectivity index (χ0v) is 11.5. The van der Waals surface area contributed by atoms with Gasteiger partial charge in [-0.15, -0.1) is 0 Å². The highest BCUT2D eigenvalue weighted by atomic mass is 79.9. The third-order valence-corrected chi connectivity index (χ3v) is 3.45. The molecule has 17 heavy (non-hydrogen) atoms. The smallest absolute Gasteiger partial charge is 0.128 e. The quantitative estimate of drug-likeness (QED) is 0.945. The lowest BCUT2D eigenvalue weighted by molar-refractivity contribution is 0.0917. The summed E-state index contributed by atoms with van der Waals surface area (Å²) in [6, 6.07) is 9.53. The van der Waals surface area contributed by atoms with Crippen molar-refractivity contribution in [3.63, 3.8) is 0 Å². The Labute approximate surface area is 109 Å². The molecule has 4 heteroatoms. The molecule has 0 bridgehead atoms. The van der Waals surface area contributed by atoms with E-state index >= 15 is 0 Å². The Bertz CT molecular complexity index is 502. The van der Waals surface area contributed by atoms with Crippen molar-refractivity contribution in [2.45, 2.75) is 26.0 Å². The van der Waals surface area contributed by atoms with Gasteiger partial charge in [0.15, 0.2) is 0 Å². The Morgan fingerprint density at radius 1 is 1.29 bits per heavy atom. The Morgan fingerprint density at radius 2 is 1.94 bits per heavy atom. The zero-order valence-electron chi connectivity index (χ0n) is 9.89. The van der Waals surface area contributed by atoms with Crippen LogP contribution in [0.4, 0.5) is 0 Å². The third-order valence-electron chi connectivity index (χ3n) is 2.92. The molecule has 0 saturated heterocycles. The lowest BCUT2D eigenvalue weighted by Gasteiger charge is -2.24. The summed E-state index contributed by atoms with van der Waals surface area (Å²) in [5, 5.41) is 14.9. The second-order valence-electron chi connectivity index (χ2n) is 4.11. The van der Waals surface area contributed by atoms with Crippen molar-refractivity contribution in [3.8, 4) is 0 Å². The van der Waals surface area contributed by atoms with Gasteiger partial charge in [0.25, 0.3) is 0 Å². The highest BCUT2D eigenvalue weighted by Crippen LogP contribution is 2.29. The van der Waals surface area contributed by atoms with Crippen molar-refractivity contribution in [2.24, 2.45) is 0 Å². The number of rotatable bonds is 3. The summed E-state index contributed by atoms with van der Waals surface area (Å²) in [6.45, 7) is 4.54. The molecule has 0 aliphatic carbocycles. The molecular formula is C13H15BrN2O. The van der Waals surface area contributed by atoms with Gasteiger partial charge in [-0.1, -0.05) is 28.1 Å². The maximum atomic E-state index is 10.7. The van der Waals surface area contributed by atoms with Crippen LogP contribution in [0.25, 0.3) is 0 Å². The average Bonchev–Trinajstić information content (AvgIpc) is 2.78. The van der Waals surface area contributed by atoms with E-state index in [-0.39, 0.29) is 0 Å². The van der Waals surface area contributed by atoms with Gasteiger partial charge in [-0.3, -0.25) is 4.68 Å². The van der Waals surface area contributed by atoms with E-state index in [0.29, 0.717) is 0 Å². The van der Waals surface area contributed by atoms with Crippen LogP contribution in [0, 0.1) is 0 Å². The summed E-state index contributed by atoms with van der Waals surface area (Å²) in [7, 11) is 0. The van der Waals surface area contributed by atoms with Crippen LogP contribution in [-0.4, -0.2) is 14.9 Å². The molecule has 1 N–H and O–H groups in total. The first-order valence-corrected chi connectivity index (χ1v) is 6.35. The highest BCUT2D eigenvalue weighted by molar-refractivity contribution is 9.10. The first-order chi connectivity index (χ1) is 8.05. The van der Waals surface area contributed by atoms with Gasteiger partial charge in [0.2, 0.25) is 0 Å². The minimum atomic E-state index is -1.02. The van der Waals surface area contributed by atoms with E-state index < -0.39 is 5.60 Å². The molecule has 1 unspecified atom stereocenters. The predicted octanol–water partition coefficient (Wildman–Crippen LogP) is 2.92. The van der Waals surface area contributed by atoms with Crippen LogP contribution >= 0.6 is 15.9 Å². The predicted molar refractivity (Wildman–Crippen MR) is 70.7 cm³/mol. The van der Waals surface area contributed by atoms with E-state index in [1.54, 1.807) is 13.1 Å². The summed E-state index contributed by atoms with van der Waals surface area (Å²) in [4.78, 5) is 0. The summed E-state index contributed by atoms with van der Waals surface area (Å²) in [6.07, 6.45) is 1.71. The van der Waals surface area contributed by atoms with Crippen LogP contribution in [-0.2, 0) is 12.1 Å². The first kappa shape index (κ1) is 12.3. The van der Waals surface area contributed by atoms with Crippen LogP contribution in [0.5, 0.6) is 0 Å². The molecule has 1 aromatic carbocycles. The Balaban J connectivity index is 2.45. The summed E-state index contributed by atoms with van der Waals surface area (Å²) in [5.41, 5.74) is 0.644. The molecule has 0 saturated carbocycles. The number of halogens is 1. The fraction of sp³-hybridized carbons (Fsp3) is 0.308. The molecule has 0 aliphatic heterocycles. The van der Waals surface area contributed by atoms with E-state index in [0.717, 1.165) is 22.3 Å². The maximum absolute atomic E-state index is 10.7. The molecule has 0 aliphatic rings. The zero-order chi connectivity index (χ0) is 12.5. The minimum absolute atomic E-state index is 0.745. The minimum Gasteiger partial charge on any atom is -0.379 e. The maximum Gasteiger partial charge on any atom is 0.128 e. The van der Waals surface area contributed by atoms with Gasteiger partial charge in [0.05, 0.1) is 5.69 Å². The molecule has 90 valence electrons. The topological polar surface area (TPSA) is 38.0 Å². The van der Waals surface area contributed by atoms with Gasteiger partial charge in [-0.2, -0.15) is 5.10 Å². The van der Waals surface area contributed by atoms with Crippen LogP contribution in [0.1, 0.15) is 25.1 Å². The lowest BCUT2D eigenvalue weighted by atomic mass is 9.92. The van der Waals surface area contributed by atoms with E-state index in [9.17, 15) is 5.11 Å². The second-order valence-corrected chi connectivity index (χ2v) is 5.03. The van der Waals surface area contributed by atoms with Crippen LogP contribution < -0.4 is 0 Å². The highest BCUT2D eigenvalue weighted by Gasteiger charge is 2.28. The summed E-state index contributed by atoms with van der Waals surface area (Å²) >= 11 is 3.39. The monoisotopic (exact) mass is 294 g/mol. The number of benzene rings is 1.